The molecule has 0 unspecified atom stereocenters. The zero-order valence-electron chi connectivity index (χ0n) is 22.9. The molecule has 0 saturated heterocycles. The van der Waals surface area contributed by atoms with Gasteiger partial charge in [0.25, 0.3) is 0 Å². The number of nitrogens with zero attached hydrogens (tertiary/aromatic N) is 1. The zero-order chi connectivity index (χ0) is 28.3. The van der Waals surface area contributed by atoms with Gasteiger partial charge in [-0.25, -0.2) is 9.59 Å². The fourth-order valence-electron chi connectivity index (χ4n) is 4.36. The van der Waals surface area contributed by atoms with Crippen molar-refractivity contribution in [2.75, 3.05) is 4.90 Å². The largest absolute Gasteiger partial charge is 0.458 e. The smallest absolute Gasteiger partial charge is 0.331 e. The first-order valence-electron chi connectivity index (χ1n) is 13.1. The summed E-state index contributed by atoms with van der Waals surface area (Å²) in [4.78, 5) is 25.8. The summed E-state index contributed by atoms with van der Waals surface area (Å²) in [6.07, 6.45) is 4.34. The number of esters is 2. The summed E-state index contributed by atoms with van der Waals surface area (Å²) in [5, 5.41) is 0. The molecule has 5 nitrogen and oxygen atoms in total. The van der Waals surface area contributed by atoms with E-state index in [-0.39, 0.29) is 19.2 Å². The minimum atomic E-state index is -0.446. The van der Waals surface area contributed by atoms with Crippen LogP contribution in [-0.4, -0.2) is 11.9 Å². The number of hydrogen-bond acceptors (Lipinski definition) is 5. The lowest BCUT2D eigenvalue weighted by molar-refractivity contribution is -0.139. The van der Waals surface area contributed by atoms with Crippen LogP contribution >= 0.6 is 0 Å². The molecule has 0 N–H and O–H groups in total. The van der Waals surface area contributed by atoms with Crippen LogP contribution in [0.25, 0.3) is 6.08 Å². The number of anilines is 2. The second-order valence-electron chi connectivity index (χ2n) is 9.58. The molecule has 0 amide bonds. The van der Waals surface area contributed by atoms with Crippen molar-refractivity contribution in [2.24, 2.45) is 0 Å². The molecule has 0 spiro atoms. The third kappa shape index (κ3) is 8.30. The van der Waals surface area contributed by atoms with Gasteiger partial charge in [-0.2, -0.15) is 0 Å². The normalized spacial score (nSPS) is 10.8. The Kier molecular flexibility index (Phi) is 9.67. The minimum absolute atomic E-state index is 0.188. The molecule has 0 aliphatic carbocycles. The molecular weight excluding hydrogens is 498 g/mol. The maximum absolute atomic E-state index is 12.2. The van der Waals surface area contributed by atoms with E-state index in [0.29, 0.717) is 6.54 Å². The van der Waals surface area contributed by atoms with Gasteiger partial charge in [0.15, 0.2) is 0 Å². The minimum Gasteiger partial charge on any atom is -0.458 e. The summed E-state index contributed by atoms with van der Waals surface area (Å²) >= 11 is 0. The van der Waals surface area contributed by atoms with Crippen molar-refractivity contribution in [2.45, 2.75) is 33.6 Å². The summed E-state index contributed by atoms with van der Waals surface area (Å²) in [6.45, 7) is 8.69. The number of rotatable bonds is 11. The maximum atomic E-state index is 12.2. The fraction of sp³-hybridized carbons (Fsp3) is 0.143. The number of hydrogen-bond donors (Lipinski definition) is 0. The molecule has 0 saturated carbocycles. The summed E-state index contributed by atoms with van der Waals surface area (Å²) in [5.74, 6) is -0.832. The van der Waals surface area contributed by atoms with E-state index in [1.165, 1.54) is 22.8 Å². The second kappa shape index (κ2) is 13.8. The summed E-state index contributed by atoms with van der Waals surface area (Å²) in [5.41, 5.74) is 8.37. The first-order valence-corrected chi connectivity index (χ1v) is 13.1. The van der Waals surface area contributed by atoms with Gasteiger partial charge < -0.3 is 14.4 Å². The lowest BCUT2D eigenvalue weighted by Crippen LogP contribution is -2.17. The molecule has 0 radical (unpaired) electrons. The van der Waals surface area contributed by atoms with Crippen molar-refractivity contribution in [1.82, 2.24) is 0 Å². The highest BCUT2D eigenvalue weighted by atomic mass is 16.5. The third-order valence-corrected chi connectivity index (χ3v) is 6.26. The van der Waals surface area contributed by atoms with Gasteiger partial charge in [0, 0.05) is 30.1 Å². The summed E-state index contributed by atoms with van der Waals surface area (Å²) in [7, 11) is 0. The molecule has 202 valence electrons. The summed E-state index contributed by atoms with van der Waals surface area (Å²) in [6, 6.07) is 32.2. The van der Waals surface area contributed by atoms with Crippen molar-refractivity contribution >= 4 is 29.4 Å². The van der Waals surface area contributed by atoms with Crippen molar-refractivity contribution in [3.63, 3.8) is 0 Å². The van der Waals surface area contributed by atoms with Crippen molar-refractivity contribution < 1.29 is 19.1 Å². The topological polar surface area (TPSA) is 55.8 Å². The molecule has 0 aliphatic heterocycles. The van der Waals surface area contributed by atoms with E-state index in [4.69, 9.17) is 9.47 Å². The molecule has 5 heteroatoms. The Morgan fingerprint density at radius 3 is 1.75 bits per heavy atom. The van der Waals surface area contributed by atoms with Crippen LogP contribution < -0.4 is 4.90 Å². The van der Waals surface area contributed by atoms with Crippen LogP contribution in [0.4, 0.5) is 11.4 Å². The average molecular weight is 532 g/mol. The van der Waals surface area contributed by atoms with E-state index in [1.807, 2.05) is 78.9 Å². The van der Waals surface area contributed by atoms with E-state index in [1.54, 1.807) is 6.08 Å². The number of carbonyl (C=O) groups is 2. The van der Waals surface area contributed by atoms with Gasteiger partial charge in [-0.1, -0.05) is 90.5 Å². The molecular formula is C35H33NO4. The van der Waals surface area contributed by atoms with Gasteiger partial charge in [-0.15, -0.1) is 0 Å². The zero-order valence-corrected chi connectivity index (χ0v) is 22.9. The van der Waals surface area contributed by atoms with Crippen LogP contribution in [-0.2, 0) is 38.8 Å². The van der Waals surface area contributed by atoms with Gasteiger partial charge in [0.05, 0.1) is 0 Å². The molecule has 0 aliphatic rings. The molecule has 0 aromatic heterocycles. The molecule has 4 aromatic rings. The first kappa shape index (κ1) is 28.1. The number of aryl methyl sites for hydroxylation is 2. The van der Waals surface area contributed by atoms with Crippen LogP contribution in [0.2, 0.25) is 0 Å². The molecule has 0 bridgehead atoms. The van der Waals surface area contributed by atoms with E-state index < -0.39 is 5.97 Å². The Balaban J connectivity index is 1.48. The highest BCUT2D eigenvalue weighted by molar-refractivity contribution is 5.87. The second-order valence-corrected chi connectivity index (χ2v) is 9.58. The van der Waals surface area contributed by atoms with Crippen LogP contribution in [0, 0.1) is 13.8 Å². The van der Waals surface area contributed by atoms with E-state index in [2.05, 4.69) is 43.5 Å². The van der Waals surface area contributed by atoms with Crippen LogP contribution in [0.5, 0.6) is 0 Å². The predicted octanol–water partition coefficient (Wildman–Crippen LogP) is 7.63. The molecule has 4 aromatic carbocycles. The molecule has 4 rings (SSSR count). The van der Waals surface area contributed by atoms with E-state index in [0.717, 1.165) is 34.1 Å². The Morgan fingerprint density at radius 1 is 0.700 bits per heavy atom. The molecule has 0 heterocycles. The lowest BCUT2D eigenvalue weighted by Gasteiger charge is -2.26. The molecule has 0 fully saturated rings. The highest BCUT2D eigenvalue weighted by Gasteiger charge is 2.12. The number of carbonyl (C=O) groups excluding carboxylic acids is 2. The predicted molar refractivity (Wildman–Crippen MR) is 160 cm³/mol. The number of ether oxygens (including phenoxy) is 2. The molecule has 40 heavy (non-hydrogen) atoms. The van der Waals surface area contributed by atoms with Gasteiger partial charge in [0.2, 0.25) is 0 Å². The monoisotopic (exact) mass is 531 g/mol. The lowest BCUT2D eigenvalue weighted by atomic mass is 10.1. The van der Waals surface area contributed by atoms with Crippen LogP contribution in [0.15, 0.2) is 116 Å². The molecule has 0 atom stereocenters. The van der Waals surface area contributed by atoms with E-state index >= 15 is 0 Å². The number of benzene rings is 4. The van der Waals surface area contributed by atoms with Crippen LogP contribution in [0.1, 0.15) is 33.4 Å². The van der Waals surface area contributed by atoms with Crippen molar-refractivity contribution in [3.05, 3.63) is 149 Å². The third-order valence-electron chi connectivity index (χ3n) is 6.26. The van der Waals surface area contributed by atoms with Crippen molar-refractivity contribution in [1.29, 1.82) is 0 Å². The quantitative estimate of drug-likeness (QED) is 0.147. The van der Waals surface area contributed by atoms with E-state index in [9.17, 15) is 9.59 Å². The van der Waals surface area contributed by atoms with Gasteiger partial charge in [-0.05, 0) is 66.4 Å². The van der Waals surface area contributed by atoms with Gasteiger partial charge >= 0.3 is 11.9 Å². The SMILES string of the molecule is C=CC(=O)OCc1ccc(N(Cc2cc(C)cc(C)c2)c2ccc(COC(=O)/C=C/c3ccccc3)cc2)cc1. The summed E-state index contributed by atoms with van der Waals surface area (Å²) < 4.78 is 10.6. The Hall–Kier alpha value is -4.90. The standard InChI is InChI=1S/C35H33NO4/c1-4-34(37)39-24-29-10-15-32(16-11-29)36(23-31-21-26(2)20-27(3)22-31)33-17-12-30(13-18-33)25-40-35(38)19-14-28-8-6-5-7-9-28/h4-22H,1,23-25H2,2-3H3/b19-14+. The fourth-order valence-corrected chi connectivity index (χ4v) is 4.36. The Morgan fingerprint density at radius 2 is 1.23 bits per heavy atom. The van der Waals surface area contributed by atoms with Gasteiger partial charge in [-0.3, -0.25) is 0 Å². The van der Waals surface area contributed by atoms with Crippen molar-refractivity contribution in [3.8, 4) is 0 Å². The first-order chi connectivity index (χ1) is 19.4. The van der Waals surface area contributed by atoms with Gasteiger partial charge in [0.1, 0.15) is 13.2 Å². The Labute approximate surface area is 236 Å². The Bertz CT molecular complexity index is 1450. The average Bonchev–Trinajstić information content (AvgIpc) is 2.97. The maximum Gasteiger partial charge on any atom is 0.331 e. The highest BCUT2D eigenvalue weighted by Crippen LogP contribution is 2.29. The van der Waals surface area contributed by atoms with Crippen LogP contribution in [0.3, 0.4) is 0 Å².